The topological polar surface area (TPSA) is 73.2 Å². The molecule has 2 aromatic rings. The number of anilines is 1. The van der Waals surface area contributed by atoms with Gasteiger partial charge in [0.25, 0.3) is 0 Å². The van der Waals surface area contributed by atoms with Crippen LogP contribution in [-0.4, -0.2) is 17.3 Å². The average molecular weight is 311 g/mol. The van der Waals surface area contributed by atoms with Crippen molar-refractivity contribution in [2.45, 2.75) is 39.3 Å². The van der Waals surface area contributed by atoms with Gasteiger partial charge in [0.1, 0.15) is 17.5 Å². The highest BCUT2D eigenvalue weighted by molar-refractivity contribution is 5.56. The van der Waals surface area contributed by atoms with Gasteiger partial charge < -0.3 is 15.2 Å². The molecule has 5 heteroatoms. The monoisotopic (exact) mass is 311 g/mol. The fourth-order valence-corrected chi connectivity index (χ4v) is 2.82. The predicted molar refractivity (Wildman–Crippen MR) is 88.5 cm³/mol. The predicted octanol–water partition coefficient (Wildman–Crippen LogP) is 3.53. The minimum atomic E-state index is 0.107. The molecule has 0 aliphatic carbocycles. The van der Waals surface area contributed by atoms with Crippen LogP contribution < -0.4 is 10.5 Å². The Morgan fingerprint density at radius 1 is 1.35 bits per heavy atom. The number of aryl methyl sites for hydroxylation is 2. The van der Waals surface area contributed by atoms with Crippen molar-refractivity contribution in [3.05, 3.63) is 41.1 Å². The zero-order chi connectivity index (χ0) is 16.4. The second-order valence-corrected chi connectivity index (χ2v) is 6.00. The highest BCUT2D eigenvalue weighted by atomic mass is 16.5. The molecular weight excluding hydrogens is 290 g/mol. The summed E-state index contributed by atoms with van der Waals surface area (Å²) < 4.78 is 13.5. The van der Waals surface area contributed by atoms with E-state index in [1.54, 1.807) is 6.07 Å². The van der Waals surface area contributed by atoms with Crippen molar-refractivity contribution in [3.63, 3.8) is 0 Å². The normalized spacial score (nSPS) is 17.2. The van der Waals surface area contributed by atoms with Gasteiger partial charge in [0.15, 0.2) is 0 Å². The van der Waals surface area contributed by atoms with Gasteiger partial charge in [-0.1, -0.05) is 6.07 Å². The Balaban J connectivity index is 1.92. The number of nitrogens with zero attached hydrogens (tertiary/aromatic N) is 2. The Morgan fingerprint density at radius 3 is 2.83 bits per heavy atom. The molecule has 5 nitrogen and oxygen atoms in total. The van der Waals surface area contributed by atoms with Crippen LogP contribution in [0.4, 0.5) is 5.69 Å². The van der Waals surface area contributed by atoms with E-state index >= 15 is 0 Å². The van der Waals surface area contributed by atoms with Gasteiger partial charge in [-0.05, 0) is 49.9 Å². The molecule has 2 heterocycles. The first-order valence-corrected chi connectivity index (χ1v) is 7.84. The summed E-state index contributed by atoms with van der Waals surface area (Å²) in [6.45, 7) is 5.45. The quantitative estimate of drug-likeness (QED) is 0.937. The number of nitrogen functional groups attached to an aromatic ring is 1. The molecular formula is C18H21N3O2. The van der Waals surface area contributed by atoms with Crippen LogP contribution in [0.15, 0.2) is 24.3 Å². The van der Waals surface area contributed by atoms with Crippen LogP contribution in [0.1, 0.15) is 29.7 Å². The molecule has 0 bridgehead atoms. The van der Waals surface area contributed by atoms with Crippen molar-refractivity contribution in [1.82, 2.24) is 4.57 Å². The summed E-state index contributed by atoms with van der Waals surface area (Å²) in [6, 6.07) is 9.75. The molecule has 1 aromatic heterocycles. The number of benzene rings is 1. The summed E-state index contributed by atoms with van der Waals surface area (Å²) >= 11 is 0. The van der Waals surface area contributed by atoms with E-state index in [1.165, 1.54) is 5.56 Å². The van der Waals surface area contributed by atoms with E-state index in [-0.39, 0.29) is 6.10 Å². The number of ether oxygens (including phenoxy) is 2. The Kier molecular flexibility index (Phi) is 4.26. The van der Waals surface area contributed by atoms with Gasteiger partial charge in [0.05, 0.1) is 18.3 Å². The number of hydrogen-bond acceptors (Lipinski definition) is 4. The molecule has 120 valence electrons. The molecule has 1 aromatic carbocycles. The SMILES string of the molecule is Cc1ccc(Oc2c(N)cc(C#N)n2CC2CCCO2)cc1C. The lowest BCUT2D eigenvalue weighted by Gasteiger charge is -2.16. The van der Waals surface area contributed by atoms with Crippen LogP contribution in [0.5, 0.6) is 11.6 Å². The van der Waals surface area contributed by atoms with E-state index in [2.05, 4.69) is 13.0 Å². The summed E-state index contributed by atoms with van der Waals surface area (Å²) in [5.74, 6) is 1.23. The van der Waals surface area contributed by atoms with E-state index in [0.717, 1.165) is 30.8 Å². The zero-order valence-corrected chi connectivity index (χ0v) is 13.5. The number of aromatic nitrogens is 1. The van der Waals surface area contributed by atoms with Gasteiger partial charge in [-0.25, -0.2) is 0 Å². The fourth-order valence-electron chi connectivity index (χ4n) is 2.82. The second-order valence-electron chi connectivity index (χ2n) is 6.00. The van der Waals surface area contributed by atoms with Crippen molar-refractivity contribution >= 4 is 5.69 Å². The molecule has 23 heavy (non-hydrogen) atoms. The van der Waals surface area contributed by atoms with Crippen LogP contribution in [-0.2, 0) is 11.3 Å². The Morgan fingerprint density at radius 2 is 2.17 bits per heavy atom. The van der Waals surface area contributed by atoms with Gasteiger partial charge in [-0.15, -0.1) is 0 Å². The smallest absolute Gasteiger partial charge is 0.224 e. The van der Waals surface area contributed by atoms with Crippen molar-refractivity contribution < 1.29 is 9.47 Å². The first-order valence-electron chi connectivity index (χ1n) is 7.84. The van der Waals surface area contributed by atoms with Gasteiger partial charge >= 0.3 is 0 Å². The zero-order valence-electron chi connectivity index (χ0n) is 13.5. The maximum absolute atomic E-state index is 9.35. The average Bonchev–Trinajstić information content (AvgIpc) is 3.14. The minimum absolute atomic E-state index is 0.107. The van der Waals surface area contributed by atoms with Crippen LogP contribution in [0.3, 0.4) is 0 Å². The molecule has 1 aliphatic rings. The summed E-state index contributed by atoms with van der Waals surface area (Å²) in [6.07, 6.45) is 2.15. The number of nitrogens with two attached hydrogens (primary N) is 1. The van der Waals surface area contributed by atoms with Crippen molar-refractivity contribution in [2.24, 2.45) is 0 Å². The maximum atomic E-state index is 9.35. The van der Waals surface area contributed by atoms with E-state index in [9.17, 15) is 5.26 Å². The van der Waals surface area contributed by atoms with E-state index in [4.69, 9.17) is 15.2 Å². The molecule has 1 unspecified atom stereocenters. The second kappa shape index (κ2) is 6.35. The maximum Gasteiger partial charge on any atom is 0.224 e. The van der Waals surface area contributed by atoms with Crippen molar-refractivity contribution in [2.75, 3.05) is 12.3 Å². The summed E-state index contributed by atoms with van der Waals surface area (Å²) in [5.41, 5.74) is 9.40. The van der Waals surface area contributed by atoms with E-state index < -0.39 is 0 Å². The van der Waals surface area contributed by atoms with Crippen molar-refractivity contribution in [1.29, 1.82) is 5.26 Å². The third-order valence-corrected chi connectivity index (χ3v) is 4.29. The first kappa shape index (κ1) is 15.4. The van der Waals surface area contributed by atoms with Gasteiger partial charge in [-0.3, -0.25) is 4.57 Å². The lowest BCUT2D eigenvalue weighted by molar-refractivity contribution is 0.0952. The molecule has 1 fully saturated rings. The molecule has 2 N–H and O–H groups in total. The number of rotatable bonds is 4. The highest BCUT2D eigenvalue weighted by Crippen LogP contribution is 2.33. The molecule has 0 amide bonds. The Hall–Kier alpha value is -2.45. The molecule has 0 saturated carbocycles. The van der Waals surface area contributed by atoms with Crippen LogP contribution in [0.2, 0.25) is 0 Å². The minimum Gasteiger partial charge on any atom is -0.439 e. The van der Waals surface area contributed by atoms with Gasteiger partial charge in [0.2, 0.25) is 5.88 Å². The third kappa shape index (κ3) is 3.17. The van der Waals surface area contributed by atoms with E-state index in [1.807, 2.05) is 29.7 Å². The molecule has 1 aliphatic heterocycles. The number of hydrogen-bond donors (Lipinski definition) is 1. The van der Waals surface area contributed by atoms with Crippen LogP contribution in [0, 0.1) is 25.2 Å². The third-order valence-electron chi connectivity index (χ3n) is 4.29. The summed E-state index contributed by atoms with van der Waals surface area (Å²) in [7, 11) is 0. The molecule has 0 spiro atoms. The fraction of sp³-hybridized carbons (Fsp3) is 0.389. The largest absolute Gasteiger partial charge is 0.439 e. The summed E-state index contributed by atoms with van der Waals surface area (Å²) in [5, 5.41) is 9.35. The summed E-state index contributed by atoms with van der Waals surface area (Å²) in [4.78, 5) is 0. The standard InChI is InChI=1S/C18H21N3O2/c1-12-5-6-15(8-13(12)2)23-18-17(20)9-14(10-19)21(18)11-16-4-3-7-22-16/h5-6,8-9,16H,3-4,7,11,20H2,1-2H3. The molecule has 1 saturated heterocycles. The first-order chi connectivity index (χ1) is 11.1. The van der Waals surface area contributed by atoms with E-state index in [0.29, 0.717) is 23.8 Å². The molecule has 1 atom stereocenters. The Labute approximate surface area is 136 Å². The van der Waals surface area contributed by atoms with Gasteiger partial charge in [-0.2, -0.15) is 5.26 Å². The Bertz CT molecular complexity index is 752. The van der Waals surface area contributed by atoms with Crippen LogP contribution >= 0.6 is 0 Å². The van der Waals surface area contributed by atoms with Gasteiger partial charge in [0, 0.05) is 12.7 Å². The number of nitriles is 1. The molecule has 3 rings (SSSR count). The lowest BCUT2D eigenvalue weighted by atomic mass is 10.1. The van der Waals surface area contributed by atoms with Crippen molar-refractivity contribution in [3.8, 4) is 17.7 Å². The molecule has 0 radical (unpaired) electrons. The van der Waals surface area contributed by atoms with Crippen LogP contribution in [0.25, 0.3) is 0 Å². The highest BCUT2D eigenvalue weighted by Gasteiger charge is 2.22. The lowest BCUT2D eigenvalue weighted by Crippen LogP contribution is -2.16.